The Morgan fingerprint density at radius 1 is 1.40 bits per heavy atom. The van der Waals surface area contributed by atoms with Crippen molar-refractivity contribution in [1.29, 1.82) is 0 Å². The van der Waals surface area contributed by atoms with Crippen LogP contribution in [0.15, 0.2) is 18.2 Å². The predicted octanol–water partition coefficient (Wildman–Crippen LogP) is 1.31. The molecule has 6 nitrogen and oxygen atoms in total. The number of nitrogens with zero attached hydrogens (tertiary/aromatic N) is 1. The predicted molar refractivity (Wildman–Crippen MR) is 75.7 cm³/mol. The van der Waals surface area contributed by atoms with Gasteiger partial charge in [0.2, 0.25) is 0 Å². The van der Waals surface area contributed by atoms with Crippen LogP contribution >= 0.6 is 0 Å². The van der Waals surface area contributed by atoms with Gasteiger partial charge in [-0.05, 0) is 43.0 Å². The van der Waals surface area contributed by atoms with Crippen LogP contribution in [0.5, 0.6) is 0 Å². The van der Waals surface area contributed by atoms with E-state index in [1.165, 1.54) is 0 Å². The van der Waals surface area contributed by atoms with E-state index >= 15 is 0 Å². The summed E-state index contributed by atoms with van der Waals surface area (Å²) in [7, 11) is 0. The number of benzene rings is 1. The lowest BCUT2D eigenvalue weighted by Crippen LogP contribution is -2.38. The number of nitrogens with one attached hydrogen (secondary N) is 1. The maximum atomic E-state index is 12.3. The number of fused-ring (bicyclic) bond motifs is 1. The van der Waals surface area contributed by atoms with Gasteiger partial charge in [-0.3, -0.25) is 4.79 Å². The highest BCUT2D eigenvalue weighted by atomic mass is 16.4. The second kappa shape index (κ2) is 6.27. The summed E-state index contributed by atoms with van der Waals surface area (Å²) in [4.78, 5) is 24.4. The average molecular weight is 277 g/mol. The molecule has 1 aromatic rings. The molecule has 1 aromatic carbocycles. The normalized spacial score (nSPS) is 14.0. The van der Waals surface area contributed by atoms with Crippen molar-refractivity contribution in [2.75, 3.05) is 25.4 Å². The third-order valence-corrected chi connectivity index (χ3v) is 3.43. The zero-order chi connectivity index (χ0) is 14.5. The Hall–Kier alpha value is -2.24. The number of hydrogen-bond acceptors (Lipinski definition) is 3. The van der Waals surface area contributed by atoms with Crippen molar-refractivity contribution in [3.63, 3.8) is 0 Å². The first-order valence-corrected chi connectivity index (χ1v) is 6.72. The highest BCUT2D eigenvalue weighted by molar-refractivity contribution is 5.97. The first kappa shape index (κ1) is 14.2. The summed E-state index contributed by atoms with van der Waals surface area (Å²) in [6.45, 7) is 1.77. The lowest BCUT2D eigenvalue weighted by atomic mass is 9.98. The molecule has 6 heteroatoms. The van der Waals surface area contributed by atoms with Crippen LogP contribution < -0.4 is 11.1 Å². The number of unbranched alkanes of at least 4 members (excludes halogenated alkanes) is 1. The minimum atomic E-state index is -1.01. The molecule has 20 heavy (non-hydrogen) atoms. The fourth-order valence-corrected chi connectivity index (χ4v) is 2.39. The molecule has 0 aliphatic carbocycles. The summed E-state index contributed by atoms with van der Waals surface area (Å²) in [6, 6.07) is 5.39. The molecule has 1 aliphatic rings. The van der Waals surface area contributed by atoms with Gasteiger partial charge in [0.25, 0.3) is 5.91 Å². The van der Waals surface area contributed by atoms with Crippen molar-refractivity contribution >= 4 is 17.7 Å². The summed E-state index contributed by atoms with van der Waals surface area (Å²) < 4.78 is 0. The fraction of sp³-hybridized carbons (Fsp3) is 0.429. The van der Waals surface area contributed by atoms with Gasteiger partial charge in [-0.2, -0.15) is 0 Å². The minimum absolute atomic E-state index is 0.0393. The van der Waals surface area contributed by atoms with Gasteiger partial charge in [-0.15, -0.1) is 0 Å². The Kier molecular flexibility index (Phi) is 4.45. The van der Waals surface area contributed by atoms with Crippen LogP contribution in [-0.4, -0.2) is 41.6 Å². The number of anilines is 1. The topological polar surface area (TPSA) is 95.7 Å². The van der Waals surface area contributed by atoms with E-state index in [4.69, 9.17) is 10.8 Å². The van der Waals surface area contributed by atoms with E-state index in [9.17, 15) is 9.59 Å². The van der Waals surface area contributed by atoms with Crippen molar-refractivity contribution in [3.8, 4) is 0 Å². The molecule has 0 saturated carbocycles. The molecule has 0 aromatic heterocycles. The van der Waals surface area contributed by atoms with Crippen molar-refractivity contribution in [2.24, 2.45) is 0 Å². The van der Waals surface area contributed by atoms with Crippen LogP contribution in [-0.2, 0) is 6.42 Å². The molecule has 0 spiro atoms. The lowest BCUT2D eigenvalue weighted by Gasteiger charge is -2.28. The molecule has 0 radical (unpaired) electrons. The number of carboxylic acid groups (broad SMARTS) is 1. The molecule has 1 heterocycles. The van der Waals surface area contributed by atoms with Gasteiger partial charge >= 0.3 is 6.09 Å². The van der Waals surface area contributed by atoms with Crippen molar-refractivity contribution in [3.05, 3.63) is 29.3 Å². The Bertz CT molecular complexity index is 516. The summed E-state index contributed by atoms with van der Waals surface area (Å²) in [6.07, 6.45) is 1.33. The number of nitrogen functional groups attached to an aromatic ring is 1. The van der Waals surface area contributed by atoms with E-state index in [-0.39, 0.29) is 5.91 Å². The van der Waals surface area contributed by atoms with Gasteiger partial charge in [0.05, 0.1) is 0 Å². The first-order valence-electron chi connectivity index (χ1n) is 6.72. The molecule has 4 N–H and O–H groups in total. The Morgan fingerprint density at radius 3 is 2.95 bits per heavy atom. The van der Waals surface area contributed by atoms with Crippen LogP contribution in [0.4, 0.5) is 10.5 Å². The van der Waals surface area contributed by atoms with Gasteiger partial charge in [0.1, 0.15) is 0 Å². The zero-order valence-electron chi connectivity index (χ0n) is 11.3. The highest BCUT2D eigenvalue weighted by Gasteiger charge is 2.23. The summed E-state index contributed by atoms with van der Waals surface area (Å²) in [5.74, 6) is 0.0393. The minimum Gasteiger partial charge on any atom is -0.465 e. The lowest BCUT2D eigenvalue weighted by molar-refractivity contribution is 0.0736. The number of carbonyl (C=O) groups is 2. The molecule has 2 amide bonds. The second-order valence-corrected chi connectivity index (χ2v) is 4.90. The molecule has 0 bridgehead atoms. The molecule has 2 rings (SSSR count). The van der Waals surface area contributed by atoms with Crippen LogP contribution in [0.3, 0.4) is 0 Å². The summed E-state index contributed by atoms with van der Waals surface area (Å²) in [5, 5.41) is 10.8. The maximum Gasteiger partial charge on any atom is 0.404 e. The van der Waals surface area contributed by atoms with E-state index < -0.39 is 6.09 Å². The number of nitrogens with two attached hydrogens (primary N) is 1. The second-order valence-electron chi connectivity index (χ2n) is 4.90. The summed E-state index contributed by atoms with van der Waals surface area (Å²) in [5.41, 5.74) is 8.15. The smallest absolute Gasteiger partial charge is 0.404 e. The molecule has 0 unspecified atom stereocenters. The molecule has 108 valence electrons. The average Bonchev–Trinajstić information content (AvgIpc) is 2.40. The monoisotopic (exact) mass is 277 g/mol. The Balaban J connectivity index is 1.85. The summed E-state index contributed by atoms with van der Waals surface area (Å²) >= 11 is 0. The largest absolute Gasteiger partial charge is 0.465 e. The van der Waals surface area contributed by atoms with Gasteiger partial charge in [-0.25, -0.2) is 4.79 Å². The molecular formula is C14H19N3O3. The van der Waals surface area contributed by atoms with Crippen LogP contribution in [0.25, 0.3) is 0 Å². The number of amides is 2. The van der Waals surface area contributed by atoms with Crippen molar-refractivity contribution in [2.45, 2.75) is 19.3 Å². The number of rotatable bonds is 5. The van der Waals surface area contributed by atoms with E-state index in [2.05, 4.69) is 5.32 Å². The van der Waals surface area contributed by atoms with E-state index in [0.717, 1.165) is 30.4 Å². The molecule has 1 aliphatic heterocycles. The molecule has 0 saturated heterocycles. The zero-order valence-corrected chi connectivity index (χ0v) is 11.3. The van der Waals surface area contributed by atoms with E-state index in [0.29, 0.717) is 25.3 Å². The van der Waals surface area contributed by atoms with Gasteiger partial charge < -0.3 is 21.1 Å². The standard InChI is InChI=1S/C14H19N3O3/c15-11-3-4-12-10(9-11)5-8-17(13(12)18)7-2-1-6-16-14(19)20/h3-4,9,16H,1-2,5-8,15H2,(H,19,20). The van der Waals surface area contributed by atoms with Gasteiger partial charge in [0.15, 0.2) is 0 Å². The van der Waals surface area contributed by atoms with E-state index in [1.807, 2.05) is 11.0 Å². The molecule has 0 fully saturated rings. The molecular weight excluding hydrogens is 258 g/mol. The van der Waals surface area contributed by atoms with Crippen molar-refractivity contribution < 1.29 is 14.7 Å². The van der Waals surface area contributed by atoms with Crippen LogP contribution in [0.1, 0.15) is 28.8 Å². The third kappa shape index (κ3) is 3.40. The fourth-order valence-electron chi connectivity index (χ4n) is 2.39. The number of hydrogen-bond donors (Lipinski definition) is 3. The maximum absolute atomic E-state index is 12.3. The van der Waals surface area contributed by atoms with Crippen LogP contribution in [0.2, 0.25) is 0 Å². The number of carbonyl (C=O) groups excluding carboxylic acids is 1. The van der Waals surface area contributed by atoms with Crippen molar-refractivity contribution in [1.82, 2.24) is 10.2 Å². The first-order chi connectivity index (χ1) is 9.58. The Labute approximate surface area is 117 Å². The quantitative estimate of drug-likeness (QED) is 0.558. The third-order valence-electron chi connectivity index (χ3n) is 3.43. The molecule has 0 atom stereocenters. The Morgan fingerprint density at radius 2 is 2.20 bits per heavy atom. The highest BCUT2D eigenvalue weighted by Crippen LogP contribution is 2.21. The SMILES string of the molecule is Nc1ccc2c(c1)CCN(CCCCNC(=O)O)C2=O. The van der Waals surface area contributed by atoms with E-state index in [1.54, 1.807) is 12.1 Å². The van der Waals surface area contributed by atoms with Gasteiger partial charge in [0, 0.05) is 30.9 Å². The van der Waals surface area contributed by atoms with Crippen LogP contribution in [0, 0.1) is 0 Å². The van der Waals surface area contributed by atoms with Gasteiger partial charge in [-0.1, -0.05) is 0 Å².